The summed E-state index contributed by atoms with van der Waals surface area (Å²) < 4.78 is 16.8. The van der Waals surface area contributed by atoms with Crippen LogP contribution in [0.2, 0.25) is 0 Å². The van der Waals surface area contributed by atoms with E-state index in [0.717, 1.165) is 12.8 Å². The Morgan fingerprint density at radius 3 is 2.34 bits per heavy atom. The van der Waals surface area contributed by atoms with Crippen molar-refractivity contribution in [2.45, 2.75) is 58.8 Å². The van der Waals surface area contributed by atoms with E-state index in [-0.39, 0.29) is 17.4 Å². The summed E-state index contributed by atoms with van der Waals surface area (Å²) in [6.45, 7) is 7.45. The summed E-state index contributed by atoms with van der Waals surface area (Å²) in [5.74, 6) is -0.814. The minimum Gasteiger partial charge on any atom is -0.503 e. The molecule has 0 aliphatic heterocycles. The summed E-state index contributed by atoms with van der Waals surface area (Å²) in [5.41, 5.74) is -0.235. The number of aromatic hydroxyl groups is 1. The Morgan fingerprint density at radius 2 is 1.75 bits per heavy atom. The van der Waals surface area contributed by atoms with Gasteiger partial charge < -0.3 is 24.6 Å². The van der Waals surface area contributed by atoms with E-state index in [4.69, 9.17) is 14.2 Å². The Kier molecular flexibility index (Phi) is 9.31. The predicted octanol–water partition coefficient (Wildman–Crippen LogP) is 3.73. The molecule has 32 heavy (non-hydrogen) atoms. The number of pyridine rings is 1. The van der Waals surface area contributed by atoms with Gasteiger partial charge in [0, 0.05) is 12.3 Å². The Balaban J connectivity index is 2.10. The van der Waals surface area contributed by atoms with Crippen LogP contribution in [0, 0.1) is 5.92 Å². The number of para-hydroxylation sites is 1. The van der Waals surface area contributed by atoms with Gasteiger partial charge in [-0.3, -0.25) is 4.79 Å². The SMILES string of the molecule is CCC(CC)[C@@H](OC(=O)[C@H](C)NC(=O)c1nccc(OC)c1O)[C@H](C)Oc1ccccc1. The summed E-state index contributed by atoms with van der Waals surface area (Å²) in [6, 6.07) is 9.81. The summed E-state index contributed by atoms with van der Waals surface area (Å²) in [4.78, 5) is 29.2. The number of amides is 1. The number of nitrogens with one attached hydrogen (secondary N) is 1. The topological polar surface area (TPSA) is 107 Å². The van der Waals surface area contributed by atoms with Crippen molar-refractivity contribution in [2.24, 2.45) is 5.92 Å². The molecule has 0 aliphatic carbocycles. The highest BCUT2D eigenvalue weighted by Gasteiger charge is 2.32. The van der Waals surface area contributed by atoms with E-state index in [2.05, 4.69) is 10.3 Å². The average molecular weight is 445 g/mol. The monoisotopic (exact) mass is 444 g/mol. The van der Waals surface area contributed by atoms with Gasteiger partial charge in [0.05, 0.1) is 7.11 Å². The fourth-order valence-electron chi connectivity index (χ4n) is 3.44. The molecule has 0 radical (unpaired) electrons. The molecule has 0 unspecified atom stereocenters. The van der Waals surface area contributed by atoms with E-state index in [9.17, 15) is 14.7 Å². The Hall–Kier alpha value is -3.29. The highest BCUT2D eigenvalue weighted by molar-refractivity contribution is 5.97. The van der Waals surface area contributed by atoms with Gasteiger partial charge in [-0.2, -0.15) is 0 Å². The van der Waals surface area contributed by atoms with Crippen LogP contribution in [0.15, 0.2) is 42.6 Å². The molecular formula is C24H32N2O6. The molecule has 0 fully saturated rings. The maximum Gasteiger partial charge on any atom is 0.328 e. The van der Waals surface area contributed by atoms with E-state index >= 15 is 0 Å². The Labute approximate surface area is 188 Å². The van der Waals surface area contributed by atoms with Crippen molar-refractivity contribution in [1.29, 1.82) is 0 Å². The van der Waals surface area contributed by atoms with Crippen molar-refractivity contribution in [3.63, 3.8) is 0 Å². The van der Waals surface area contributed by atoms with Crippen LogP contribution in [0.5, 0.6) is 17.2 Å². The quantitative estimate of drug-likeness (QED) is 0.509. The number of hydrogen-bond acceptors (Lipinski definition) is 7. The third-order valence-electron chi connectivity index (χ3n) is 5.32. The number of rotatable bonds is 11. The molecule has 2 rings (SSSR count). The maximum absolute atomic E-state index is 12.8. The minimum absolute atomic E-state index is 0.0876. The average Bonchev–Trinajstić information content (AvgIpc) is 2.79. The van der Waals surface area contributed by atoms with Crippen LogP contribution < -0.4 is 14.8 Å². The number of aromatic nitrogens is 1. The van der Waals surface area contributed by atoms with Gasteiger partial charge in [0.1, 0.15) is 24.0 Å². The first-order valence-corrected chi connectivity index (χ1v) is 10.8. The highest BCUT2D eigenvalue weighted by Crippen LogP contribution is 2.27. The third kappa shape index (κ3) is 6.35. The summed E-state index contributed by atoms with van der Waals surface area (Å²) in [6.07, 6.45) is 2.06. The lowest BCUT2D eigenvalue weighted by molar-refractivity contribution is -0.159. The summed E-state index contributed by atoms with van der Waals surface area (Å²) >= 11 is 0. The molecule has 1 heterocycles. The second kappa shape index (κ2) is 11.9. The number of carbonyl (C=O) groups is 2. The fourth-order valence-corrected chi connectivity index (χ4v) is 3.44. The molecule has 1 aromatic heterocycles. The van der Waals surface area contributed by atoms with Crippen LogP contribution in [0.1, 0.15) is 51.0 Å². The number of nitrogens with zero attached hydrogens (tertiary/aromatic N) is 1. The molecule has 0 bridgehead atoms. The fraction of sp³-hybridized carbons (Fsp3) is 0.458. The molecule has 1 aromatic carbocycles. The molecule has 0 aliphatic rings. The van der Waals surface area contributed by atoms with Crippen LogP contribution in [0.25, 0.3) is 0 Å². The van der Waals surface area contributed by atoms with E-state index in [1.54, 1.807) is 0 Å². The van der Waals surface area contributed by atoms with Crippen molar-refractivity contribution in [2.75, 3.05) is 7.11 Å². The smallest absolute Gasteiger partial charge is 0.328 e. The van der Waals surface area contributed by atoms with Crippen LogP contribution in [-0.4, -0.2) is 47.3 Å². The second-order valence-electron chi connectivity index (χ2n) is 7.52. The lowest BCUT2D eigenvalue weighted by Gasteiger charge is -2.31. The van der Waals surface area contributed by atoms with Gasteiger partial charge in [0.25, 0.3) is 5.91 Å². The predicted molar refractivity (Wildman–Crippen MR) is 120 cm³/mol. The maximum atomic E-state index is 12.8. The summed E-state index contributed by atoms with van der Waals surface area (Å²) in [5, 5.41) is 12.6. The number of carbonyl (C=O) groups excluding carboxylic acids is 2. The lowest BCUT2D eigenvalue weighted by Crippen LogP contribution is -2.45. The molecule has 3 atom stereocenters. The van der Waals surface area contributed by atoms with Gasteiger partial charge in [-0.25, -0.2) is 9.78 Å². The van der Waals surface area contributed by atoms with E-state index < -0.39 is 35.9 Å². The van der Waals surface area contributed by atoms with Gasteiger partial charge in [-0.1, -0.05) is 32.0 Å². The van der Waals surface area contributed by atoms with Gasteiger partial charge >= 0.3 is 5.97 Å². The van der Waals surface area contributed by atoms with Crippen LogP contribution in [0.4, 0.5) is 0 Å². The molecular weight excluding hydrogens is 412 g/mol. The zero-order valence-corrected chi connectivity index (χ0v) is 19.2. The van der Waals surface area contributed by atoms with Crippen molar-refractivity contribution >= 4 is 11.9 Å². The second-order valence-corrected chi connectivity index (χ2v) is 7.52. The largest absolute Gasteiger partial charge is 0.503 e. The zero-order chi connectivity index (χ0) is 23.7. The first-order chi connectivity index (χ1) is 15.3. The molecule has 8 heteroatoms. The van der Waals surface area contributed by atoms with E-state index in [1.807, 2.05) is 51.1 Å². The van der Waals surface area contributed by atoms with E-state index in [0.29, 0.717) is 5.75 Å². The number of esters is 1. The molecule has 2 N–H and O–H groups in total. The molecule has 174 valence electrons. The first-order valence-electron chi connectivity index (χ1n) is 10.8. The molecule has 1 amide bonds. The van der Waals surface area contributed by atoms with Gasteiger partial charge in [-0.05, 0) is 44.7 Å². The van der Waals surface area contributed by atoms with Gasteiger partial charge in [-0.15, -0.1) is 0 Å². The van der Waals surface area contributed by atoms with Gasteiger partial charge in [0.2, 0.25) is 0 Å². The van der Waals surface area contributed by atoms with E-state index in [1.165, 1.54) is 26.3 Å². The molecule has 0 spiro atoms. The van der Waals surface area contributed by atoms with Crippen molar-refractivity contribution in [3.05, 3.63) is 48.3 Å². The van der Waals surface area contributed by atoms with Crippen molar-refractivity contribution < 1.29 is 28.9 Å². The Morgan fingerprint density at radius 1 is 1.09 bits per heavy atom. The number of benzene rings is 1. The molecule has 0 saturated carbocycles. The number of methoxy groups -OCH3 is 1. The highest BCUT2D eigenvalue weighted by atomic mass is 16.6. The lowest BCUT2D eigenvalue weighted by atomic mass is 9.93. The standard InChI is InChI=1S/C24H32N2O6/c1-6-17(7-2)22(16(4)31-18-11-9-8-10-12-18)32-24(29)15(3)26-23(28)20-21(27)19(30-5)13-14-25-20/h8-17,22,27H,6-7H2,1-5H3,(H,26,28)/t15-,16-,22-/m0/s1. The summed E-state index contributed by atoms with van der Waals surface area (Å²) in [7, 11) is 1.37. The Bertz CT molecular complexity index is 885. The van der Waals surface area contributed by atoms with Crippen molar-refractivity contribution in [3.8, 4) is 17.2 Å². The number of ether oxygens (including phenoxy) is 3. The minimum atomic E-state index is -0.962. The third-order valence-corrected chi connectivity index (χ3v) is 5.32. The zero-order valence-electron chi connectivity index (χ0n) is 19.2. The van der Waals surface area contributed by atoms with Crippen LogP contribution in [0.3, 0.4) is 0 Å². The van der Waals surface area contributed by atoms with Crippen LogP contribution in [-0.2, 0) is 9.53 Å². The number of hydrogen-bond donors (Lipinski definition) is 2. The van der Waals surface area contributed by atoms with Crippen LogP contribution >= 0.6 is 0 Å². The first kappa shape index (κ1) is 25.0. The molecule has 8 nitrogen and oxygen atoms in total. The normalized spacial score (nSPS) is 13.7. The molecule has 2 aromatic rings. The van der Waals surface area contributed by atoms with Crippen molar-refractivity contribution in [1.82, 2.24) is 10.3 Å². The molecule has 0 saturated heterocycles. The van der Waals surface area contributed by atoms with Gasteiger partial charge in [0.15, 0.2) is 17.2 Å².